The molecule has 3 rings (SSSR count). The number of anilines is 1. The maximum absolute atomic E-state index is 6.00. The van der Waals surface area contributed by atoms with Crippen LogP contribution in [0.3, 0.4) is 0 Å². The molecule has 1 aliphatic rings. The van der Waals surface area contributed by atoms with Crippen molar-refractivity contribution in [1.82, 2.24) is 24.5 Å². The topological polar surface area (TPSA) is 59.7 Å². The average Bonchev–Trinajstić information content (AvgIpc) is 2.81. The normalized spacial score (nSPS) is 16.4. The smallest absolute Gasteiger partial charge is 0.241 e. The van der Waals surface area contributed by atoms with E-state index >= 15 is 0 Å². The first-order valence-electron chi connectivity index (χ1n) is 6.05. The Hall–Kier alpha value is -1.34. The number of nitrogens with zero attached hydrogens (tertiary/aromatic N) is 6. The number of rotatable bonds is 2. The number of halogens is 1. The summed E-state index contributed by atoms with van der Waals surface area (Å²) in [5.74, 6) is 3.42. The third-order valence-corrected chi connectivity index (χ3v) is 4.04. The summed E-state index contributed by atoms with van der Waals surface area (Å²) in [7, 11) is 0. The number of aromatic nitrogens is 5. The highest BCUT2D eigenvalue weighted by molar-refractivity contribution is 7.99. The minimum Gasteiger partial charge on any atom is -0.340 e. The molecular weight excluding hydrogens is 284 g/mol. The van der Waals surface area contributed by atoms with Gasteiger partial charge in [-0.3, -0.25) is 4.57 Å². The van der Waals surface area contributed by atoms with Gasteiger partial charge in [0.05, 0.1) is 0 Å². The van der Waals surface area contributed by atoms with Gasteiger partial charge in [0.25, 0.3) is 0 Å². The fraction of sp³-hybridized carbons (Fsp3) is 0.455. The standard InChI is InChI=1S/C11H13ClN6S/c12-9-14-10(17-3-1-6-19-7-5-17)16-11(15-9)18-4-2-13-8-18/h2,4,8H,1,3,5-7H2. The molecule has 1 saturated heterocycles. The minimum atomic E-state index is 0.214. The number of hydrogen-bond acceptors (Lipinski definition) is 6. The maximum atomic E-state index is 6.00. The van der Waals surface area contributed by atoms with Crippen LogP contribution in [0.2, 0.25) is 5.28 Å². The Kier molecular flexibility index (Phi) is 3.84. The van der Waals surface area contributed by atoms with Crippen molar-refractivity contribution < 1.29 is 0 Å². The Morgan fingerprint density at radius 3 is 2.84 bits per heavy atom. The molecule has 1 aliphatic heterocycles. The number of imidazole rings is 1. The van der Waals surface area contributed by atoms with Gasteiger partial charge in [0.15, 0.2) is 0 Å². The molecule has 8 heteroatoms. The van der Waals surface area contributed by atoms with Crippen LogP contribution in [0.1, 0.15) is 6.42 Å². The fourth-order valence-corrected chi connectivity index (χ4v) is 2.95. The van der Waals surface area contributed by atoms with E-state index in [9.17, 15) is 0 Å². The SMILES string of the molecule is Clc1nc(N2CCCSCC2)nc(-n2ccnc2)n1. The predicted octanol–water partition coefficient (Wildman–Crippen LogP) is 1.65. The minimum absolute atomic E-state index is 0.214. The van der Waals surface area contributed by atoms with Gasteiger partial charge in [-0.1, -0.05) is 0 Å². The van der Waals surface area contributed by atoms with Crippen LogP contribution in [0.5, 0.6) is 0 Å². The zero-order valence-electron chi connectivity index (χ0n) is 10.2. The quantitative estimate of drug-likeness (QED) is 0.840. The summed E-state index contributed by atoms with van der Waals surface area (Å²) in [5.41, 5.74) is 0. The van der Waals surface area contributed by atoms with E-state index in [-0.39, 0.29) is 5.28 Å². The van der Waals surface area contributed by atoms with Crippen molar-refractivity contribution in [3.8, 4) is 5.95 Å². The molecule has 19 heavy (non-hydrogen) atoms. The maximum Gasteiger partial charge on any atom is 0.241 e. The van der Waals surface area contributed by atoms with Gasteiger partial charge < -0.3 is 4.90 Å². The second-order valence-corrected chi connectivity index (χ2v) is 5.69. The van der Waals surface area contributed by atoms with E-state index in [4.69, 9.17) is 11.6 Å². The van der Waals surface area contributed by atoms with Crippen LogP contribution in [0.25, 0.3) is 5.95 Å². The molecule has 0 bridgehead atoms. The lowest BCUT2D eigenvalue weighted by Crippen LogP contribution is -2.28. The van der Waals surface area contributed by atoms with E-state index in [0.717, 1.165) is 25.3 Å². The van der Waals surface area contributed by atoms with Crippen molar-refractivity contribution in [2.45, 2.75) is 6.42 Å². The summed E-state index contributed by atoms with van der Waals surface area (Å²) >= 11 is 7.96. The molecule has 2 aromatic rings. The average molecular weight is 297 g/mol. The van der Waals surface area contributed by atoms with Crippen molar-refractivity contribution >= 4 is 29.3 Å². The van der Waals surface area contributed by atoms with Crippen LogP contribution >= 0.6 is 23.4 Å². The molecule has 0 N–H and O–H groups in total. The molecule has 0 unspecified atom stereocenters. The molecule has 2 aromatic heterocycles. The van der Waals surface area contributed by atoms with Crippen molar-refractivity contribution in [2.24, 2.45) is 0 Å². The number of thioether (sulfide) groups is 1. The largest absolute Gasteiger partial charge is 0.340 e. The van der Waals surface area contributed by atoms with Gasteiger partial charge >= 0.3 is 0 Å². The molecule has 0 aromatic carbocycles. The van der Waals surface area contributed by atoms with Crippen LogP contribution in [-0.2, 0) is 0 Å². The zero-order chi connectivity index (χ0) is 13.1. The monoisotopic (exact) mass is 296 g/mol. The first kappa shape index (κ1) is 12.7. The number of hydrogen-bond donors (Lipinski definition) is 0. The lowest BCUT2D eigenvalue weighted by atomic mass is 10.4. The van der Waals surface area contributed by atoms with Gasteiger partial charge in [-0.15, -0.1) is 0 Å². The van der Waals surface area contributed by atoms with Crippen molar-refractivity contribution in [3.63, 3.8) is 0 Å². The van der Waals surface area contributed by atoms with Crippen LogP contribution < -0.4 is 4.90 Å². The zero-order valence-corrected chi connectivity index (χ0v) is 11.8. The molecule has 0 amide bonds. The van der Waals surface area contributed by atoms with Gasteiger partial charge in [0.2, 0.25) is 17.2 Å². The van der Waals surface area contributed by atoms with Gasteiger partial charge in [-0.05, 0) is 23.8 Å². The Morgan fingerprint density at radius 1 is 1.11 bits per heavy atom. The molecule has 3 heterocycles. The molecule has 0 radical (unpaired) electrons. The fourth-order valence-electron chi connectivity index (χ4n) is 1.91. The second-order valence-electron chi connectivity index (χ2n) is 4.13. The summed E-state index contributed by atoms with van der Waals surface area (Å²) in [6.07, 6.45) is 6.25. The first-order valence-corrected chi connectivity index (χ1v) is 7.59. The summed E-state index contributed by atoms with van der Waals surface area (Å²) in [4.78, 5) is 19.0. The first-order chi connectivity index (χ1) is 9.33. The summed E-state index contributed by atoms with van der Waals surface area (Å²) in [6, 6.07) is 0. The van der Waals surface area contributed by atoms with Gasteiger partial charge in [0, 0.05) is 31.2 Å². The molecular formula is C11H13ClN6S. The molecule has 6 nitrogen and oxygen atoms in total. The highest BCUT2D eigenvalue weighted by atomic mass is 35.5. The van der Waals surface area contributed by atoms with E-state index < -0.39 is 0 Å². The molecule has 0 atom stereocenters. The lowest BCUT2D eigenvalue weighted by Gasteiger charge is -2.19. The Labute approximate surface area is 120 Å². The van der Waals surface area contributed by atoms with Gasteiger partial charge in [0.1, 0.15) is 6.33 Å². The summed E-state index contributed by atoms with van der Waals surface area (Å²) in [5, 5.41) is 0.214. The van der Waals surface area contributed by atoms with Crippen LogP contribution in [0, 0.1) is 0 Å². The second kappa shape index (κ2) is 5.75. The van der Waals surface area contributed by atoms with E-state index in [1.165, 1.54) is 5.75 Å². The lowest BCUT2D eigenvalue weighted by molar-refractivity contribution is 0.765. The Bertz CT molecular complexity index is 538. The van der Waals surface area contributed by atoms with E-state index in [1.807, 2.05) is 11.8 Å². The van der Waals surface area contributed by atoms with Crippen LogP contribution in [0.15, 0.2) is 18.7 Å². The molecule has 0 aliphatic carbocycles. The molecule has 1 fully saturated rings. The van der Waals surface area contributed by atoms with Crippen molar-refractivity contribution in [1.29, 1.82) is 0 Å². The van der Waals surface area contributed by atoms with Crippen molar-refractivity contribution in [3.05, 3.63) is 24.0 Å². The highest BCUT2D eigenvalue weighted by Gasteiger charge is 2.15. The van der Waals surface area contributed by atoms with Crippen LogP contribution in [-0.4, -0.2) is 49.1 Å². The van der Waals surface area contributed by atoms with E-state index in [1.54, 1.807) is 23.3 Å². The molecule has 0 spiro atoms. The third-order valence-electron chi connectivity index (χ3n) is 2.82. The third kappa shape index (κ3) is 2.98. The summed E-state index contributed by atoms with van der Waals surface area (Å²) < 4.78 is 1.73. The predicted molar refractivity (Wildman–Crippen MR) is 76.1 cm³/mol. The van der Waals surface area contributed by atoms with E-state index in [2.05, 4.69) is 24.8 Å². The Morgan fingerprint density at radius 2 is 2.00 bits per heavy atom. The highest BCUT2D eigenvalue weighted by Crippen LogP contribution is 2.17. The molecule has 100 valence electrons. The summed E-state index contributed by atoms with van der Waals surface area (Å²) in [6.45, 7) is 1.89. The van der Waals surface area contributed by atoms with Gasteiger partial charge in [-0.2, -0.15) is 26.7 Å². The van der Waals surface area contributed by atoms with E-state index in [0.29, 0.717) is 11.9 Å². The Balaban J connectivity index is 1.92. The van der Waals surface area contributed by atoms with Gasteiger partial charge in [-0.25, -0.2) is 4.98 Å². The molecule has 0 saturated carbocycles. The van der Waals surface area contributed by atoms with Crippen molar-refractivity contribution in [2.75, 3.05) is 29.5 Å². The van der Waals surface area contributed by atoms with Crippen LogP contribution in [0.4, 0.5) is 5.95 Å².